The molecule has 6 nitrogen and oxygen atoms in total. The van der Waals surface area contributed by atoms with Gasteiger partial charge in [-0.1, -0.05) is 12.1 Å². The fraction of sp³-hybridized carbons (Fsp3) is 0.600. The van der Waals surface area contributed by atoms with Crippen LogP contribution < -0.4 is 5.32 Å². The molecule has 0 aromatic heterocycles. The average molecular weight is 431 g/mol. The Morgan fingerprint density at radius 2 is 2.00 bits per heavy atom. The number of ether oxygens (including phenoxy) is 1. The molecule has 1 N–H and O–H groups in total. The smallest absolute Gasteiger partial charge is 0.408 e. The van der Waals surface area contributed by atoms with Crippen LogP contribution >= 0.6 is 0 Å². The van der Waals surface area contributed by atoms with Gasteiger partial charge in [-0.2, -0.15) is 0 Å². The zero-order chi connectivity index (χ0) is 21.8. The minimum absolute atomic E-state index is 0.156. The lowest BCUT2D eigenvalue weighted by Gasteiger charge is -2.27. The molecule has 1 unspecified atom stereocenters. The molecule has 162 valence electrons. The van der Waals surface area contributed by atoms with Gasteiger partial charge in [0.1, 0.15) is 11.6 Å². The summed E-state index contributed by atoms with van der Waals surface area (Å²) in [7, 11) is -1.13. The largest absolute Gasteiger partial charge is 0.444 e. The van der Waals surface area contributed by atoms with Gasteiger partial charge in [0.05, 0.1) is 0 Å². The normalized spacial score (nSPS) is 21.4. The zero-order valence-electron chi connectivity index (χ0n) is 17.2. The van der Waals surface area contributed by atoms with Gasteiger partial charge in [-0.05, 0) is 45.2 Å². The average Bonchev–Trinajstić information content (AvgIpc) is 2.74. The quantitative estimate of drug-likeness (QED) is 0.779. The van der Waals surface area contributed by atoms with Crippen molar-refractivity contribution in [2.75, 3.05) is 25.1 Å². The molecule has 0 spiro atoms. The van der Waals surface area contributed by atoms with Crippen molar-refractivity contribution in [2.24, 2.45) is 0 Å². The third-order valence-corrected chi connectivity index (χ3v) is 5.37. The van der Waals surface area contributed by atoms with Crippen LogP contribution in [0.3, 0.4) is 0 Å². The molecular formula is C20H28F2N2O4S. The van der Waals surface area contributed by atoms with Gasteiger partial charge >= 0.3 is 6.09 Å². The molecule has 1 aliphatic heterocycles. The van der Waals surface area contributed by atoms with Gasteiger partial charge in [-0.25, -0.2) is 13.6 Å². The van der Waals surface area contributed by atoms with Crippen molar-refractivity contribution in [3.8, 4) is 0 Å². The second kappa shape index (κ2) is 9.65. The van der Waals surface area contributed by atoms with Gasteiger partial charge in [0.2, 0.25) is 5.91 Å². The number of likely N-dealkylation sites (tertiary alicyclic amines) is 1. The van der Waals surface area contributed by atoms with Crippen molar-refractivity contribution in [1.82, 2.24) is 10.2 Å². The van der Waals surface area contributed by atoms with Crippen LogP contribution in [0.25, 0.3) is 0 Å². The number of nitrogens with one attached hydrogen (secondary N) is 1. The Hall–Kier alpha value is -2.03. The lowest BCUT2D eigenvalue weighted by molar-refractivity contribution is -0.132. The summed E-state index contributed by atoms with van der Waals surface area (Å²) in [5.41, 5.74) is -0.525. The molecule has 0 aliphatic carbocycles. The Morgan fingerprint density at radius 3 is 2.62 bits per heavy atom. The van der Waals surface area contributed by atoms with E-state index in [-0.39, 0.29) is 36.7 Å². The van der Waals surface area contributed by atoms with Crippen molar-refractivity contribution in [1.29, 1.82) is 0 Å². The lowest BCUT2D eigenvalue weighted by Crippen LogP contribution is -2.49. The van der Waals surface area contributed by atoms with E-state index in [1.54, 1.807) is 20.8 Å². The summed E-state index contributed by atoms with van der Waals surface area (Å²) in [6.07, 6.45) is 1.44. The highest BCUT2D eigenvalue weighted by molar-refractivity contribution is 7.84. The number of rotatable bonds is 5. The molecule has 1 aromatic carbocycles. The number of alkyl carbamates (subject to hydrolysis) is 1. The molecule has 0 saturated carbocycles. The van der Waals surface area contributed by atoms with Gasteiger partial charge in [0.15, 0.2) is 11.6 Å². The van der Waals surface area contributed by atoms with Gasteiger partial charge in [0, 0.05) is 41.8 Å². The van der Waals surface area contributed by atoms with E-state index < -0.39 is 46.1 Å². The summed E-state index contributed by atoms with van der Waals surface area (Å²) < 4.78 is 44.8. The van der Waals surface area contributed by atoms with E-state index in [0.717, 1.165) is 6.07 Å². The van der Waals surface area contributed by atoms with Crippen LogP contribution in [-0.2, 0) is 20.3 Å². The molecule has 1 fully saturated rings. The molecule has 3 atom stereocenters. The number of amides is 2. The first-order chi connectivity index (χ1) is 13.5. The molecule has 0 radical (unpaired) electrons. The molecule has 1 aromatic rings. The van der Waals surface area contributed by atoms with Crippen LogP contribution in [0.2, 0.25) is 0 Å². The van der Waals surface area contributed by atoms with E-state index in [1.807, 2.05) is 0 Å². The maximum absolute atomic E-state index is 14.3. The molecule has 1 aliphatic rings. The number of carbonyl (C=O) groups excluding carboxylic acids is 2. The Bertz CT molecular complexity index is 782. The zero-order valence-corrected chi connectivity index (χ0v) is 18.0. The monoisotopic (exact) mass is 430 g/mol. The predicted octanol–water partition coefficient (Wildman–Crippen LogP) is 2.94. The standard InChI is InChI=1S/C20H28F2N2O4S/c1-20(2,3)28-19(26)23-16-9-8-13(14-6-5-7-15(21)17(14)22)12-24(18(16)25)10-11-29(4)27/h5-7,13,16H,8-12H2,1-4H3,(H,23,26)/t13-,16-,29?/m1/s1. The van der Waals surface area contributed by atoms with Crippen LogP contribution in [0.1, 0.15) is 45.1 Å². The molecule has 9 heteroatoms. The molecule has 29 heavy (non-hydrogen) atoms. The van der Waals surface area contributed by atoms with Gasteiger partial charge in [-0.15, -0.1) is 0 Å². The summed E-state index contributed by atoms with van der Waals surface area (Å²) in [4.78, 5) is 26.6. The van der Waals surface area contributed by atoms with Crippen molar-refractivity contribution < 1.29 is 27.3 Å². The van der Waals surface area contributed by atoms with Crippen molar-refractivity contribution in [2.45, 2.75) is 51.2 Å². The third-order valence-electron chi connectivity index (χ3n) is 4.62. The van der Waals surface area contributed by atoms with Crippen molar-refractivity contribution in [3.63, 3.8) is 0 Å². The summed E-state index contributed by atoms with van der Waals surface area (Å²) in [5, 5.41) is 2.58. The molecule has 0 bridgehead atoms. The number of nitrogens with zero attached hydrogens (tertiary/aromatic N) is 1. The summed E-state index contributed by atoms with van der Waals surface area (Å²) in [6.45, 7) is 5.50. The van der Waals surface area contributed by atoms with Crippen LogP contribution in [0.4, 0.5) is 13.6 Å². The Kier molecular flexibility index (Phi) is 7.73. The summed E-state index contributed by atoms with van der Waals surface area (Å²) >= 11 is 0. The van der Waals surface area contributed by atoms with Crippen molar-refractivity contribution >= 4 is 22.8 Å². The maximum Gasteiger partial charge on any atom is 0.408 e. The first kappa shape index (κ1) is 23.3. The highest BCUT2D eigenvalue weighted by Gasteiger charge is 2.34. The topological polar surface area (TPSA) is 75.7 Å². The Balaban J connectivity index is 2.24. The fourth-order valence-corrected chi connectivity index (χ4v) is 3.75. The molecular weight excluding hydrogens is 402 g/mol. The SMILES string of the molecule is CS(=O)CCN1C[C@H](c2cccc(F)c2F)CC[C@@H](NC(=O)OC(C)(C)C)C1=O. The van der Waals surface area contributed by atoms with E-state index in [4.69, 9.17) is 4.74 Å². The van der Waals surface area contributed by atoms with E-state index in [1.165, 1.54) is 23.3 Å². The Morgan fingerprint density at radius 1 is 1.31 bits per heavy atom. The summed E-state index contributed by atoms with van der Waals surface area (Å²) in [5.74, 6) is -2.40. The summed E-state index contributed by atoms with van der Waals surface area (Å²) in [6, 6.07) is 3.14. The minimum Gasteiger partial charge on any atom is -0.444 e. The number of hydrogen-bond acceptors (Lipinski definition) is 4. The number of halogens is 2. The number of benzene rings is 1. The highest BCUT2D eigenvalue weighted by Crippen LogP contribution is 2.30. The second-order valence-electron chi connectivity index (χ2n) is 8.18. The van der Waals surface area contributed by atoms with Crippen LogP contribution in [0, 0.1) is 11.6 Å². The van der Waals surface area contributed by atoms with E-state index in [2.05, 4.69) is 5.32 Å². The van der Waals surface area contributed by atoms with Gasteiger partial charge < -0.3 is 15.0 Å². The maximum atomic E-state index is 14.3. The van der Waals surface area contributed by atoms with Gasteiger partial charge in [0.25, 0.3) is 0 Å². The van der Waals surface area contributed by atoms with E-state index in [0.29, 0.717) is 6.42 Å². The van der Waals surface area contributed by atoms with Crippen LogP contribution in [0.5, 0.6) is 0 Å². The molecule has 2 rings (SSSR count). The minimum atomic E-state index is -1.13. The molecule has 2 amide bonds. The number of hydrogen-bond donors (Lipinski definition) is 1. The van der Waals surface area contributed by atoms with Crippen LogP contribution in [-0.4, -0.2) is 57.9 Å². The lowest BCUT2D eigenvalue weighted by atomic mass is 9.93. The Labute approximate surface area is 172 Å². The van der Waals surface area contributed by atoms with Crippen molar-refractivity contribution in [3.05, 3.63) is 35.4 Å². The molecule has 1 heterocycles. The highest BCUT2D eigenvalue weighted by atomic mass is 32.2. The fourth-order valence-electron chi connectivity index (χ4n) is 3.27. The molecule has 1 saturated heterocycles. The first-order valence-electron chi connectivity index (χ1n) is 9.50. The van der Waals surface area contributed by atoms with E-state index in [9.17, 15) is 22.6 Å². The second-order valence-corrected chi connectivity index (χ2v) is 9.73. The van der Waals surface area contributed by atoms with E-state index >= 15 is 0 Å². The predicted molar refractivity (Wildman–Crippen MR) is 107 cm³/mol. The number of carbonyl (C=O) groups is 2. The van der Waals surface area contributed by atoms with Gasteiger partial charge in [-0.3, -0.25) is 9.00 Å². The first-order valence-corrected chi connectivity index (χ1v) is 11.2. The third kappa shape index (κ3) is 6.76. The van der Waals surface area contributed by atoms with Crippen LogP contribution in [0.15, 0.2) is 18.2 Å².